The maximum absolute atomic E-state index is 5.83. The molecule has 0 aliphatic rings. The van der Waals surface area contributed by atoms with Gasteiger partial charge in [-0.15, -0.1) is 21.5 Å². The van der Waals surface area contributed by atoms with Gasteiger partial charge in [0.05, 0.1) is 12.8 Å². The Hall–Kier alpha value is -2.06. The van der Waals surface area contributed by atoms with E-state index in [2.05, 4.69) is 15.2 Å². The van der Waals surface area contributed by atoms with Gasteiger partial charge in [0, 0.05) is 16.7 Å². The van der Waals surface area contributed by atoms with Crippen LogP contribution in [-0.4, -0.2) is 27.0 Å². The van der Waals surface area contributed by atoms with Crippen LogP contribution in [0.5, 0.6) is 5.75 Å². The largest absolute Gasteiger partial charge is 0.497 e. The molecule has 0 bridgehead atoms. The number of ether oxygens (including phenoxy) is 1. The highest BCUT2D eigenvalue weighted by molar-refractivity contribution is 7.98. The summed E-state index contributed by atoms with van der Waals surface area (Å²) in [7, 11) is 1.66. The number of methoxy groups -OCH3 is 1. The van der Waals surface area contributed by atoms with Crippen LogP contribution in [0.2, 0.25) is 0 Å². The van der Waals surface area contributed by atoms with E-state index >= 15 is 0 Å². The Kier molecular flexibility index (Phi) is 4.30. The second kappa shape index (κ2) is 6.37. The number of benzene rings is 1. The van der Waals surface area contributed by atoms with Crippen molar-refractivity contribution in [1.29, 1.82) is 0 Å². The molecule has 6 nitrogen and oxygen atoms in total. The number of thiazole rings is 1. The van der Waals surface area contributed by atoms with E-state index in [4.69, 9.17) is 10.6 Å². The normalized spacial score (nSPS) is 10.8. The fourth-order valence-corrected chi connectivity index (χ4v) is 3.57. The summed E-state index contributed by atoms with van der Waals surface area (Å²) < 4.78 is 6.73. The van der Waals surface area contributed by atoms with Crippen LogP contribution >= 0.6 is 23.1 Å². The van der Waals surface area contributed by atoms with Gasteiger partial charge in [0.1, 0.15) is 16.6 Å². The van der Waals surface area contributed by atoms with E-state index in [1.54, 1.807) is 18.4 Å². The van der Waals surface area contributed by atoms with Crippen LogP contribution in [0.4, 0.5) is 0 Å². The summed E-state index contributed by atoms with van der Waals surface area (Å²) >= 11 is 3.13. The van der Waals surface area contributed by atoms with Crippen molar-refractivity contribution >= 4 is 23.1 Å². The first-order valence-electron chi connectivity index (χ1n) is 6.56. The number of thioether (sulfide) groups is 1. The van der Waals surface area contributed by atoms with Crippen molar-refractivity contribution < 1.29 is 4.74 Å². The molecule has 0 spiro atoms. The summed E-state index contributed by atoms with van der Waals surface area (Å²) in [6.45, 7) is 1.82. The average Bonchev–Trinajstić information content (AvgIpc) is 3.14. The van der Waals surface area contributed by atoms with Gasteiger partial charge in [0.15, 0.2) is 0 Å². The van der Waals surface area contributed by atoms with Crippen LogP contribution in [0.15, 0.2) is 34.8 Å². The van der Waals surface area contributed by atoms with Crippen molar-refractivity contribution in [2.75, 3.05) is 13.0 Å². The van der Waals surface area contributed by atoms with Crippen molar-refractivity contribution in [3.05, 3.63) is 41.2 Å². The zero-order chi connectivity index (χ0) is 15.5. The second-order valence-corrected chi connectivity index (χ2v) is 6.37. The molecule has 0 fully saturated rings. The third kappa shape index (κ3) is 3.07. The van der Waals surface area contributed by atoms with E-state index in [-0.39, 0.29) is 0 Å². The maximum Gasteiger partial charge on any atom is 0.210 e. The number of nitrogen functional groups attached to an aromatic ring is 1. The van der Waals surface area contributed by atoms with E-state index in [1.165, 1.54) is 16.4 Å². The molecule has 0 radical (unpaired) electrons. The van der Waals surface area contributed by atoms with E-state index < -0.39 is 0 Å². The molecule has 3 rings (SSSR count). The first-order valence-corrected chi connectivity index (χ1v) is 8.42. The molecule has 2 heterocycles. The molecule has 0 amide bonds. The zero-order valence-electron chi connectivity index (χ0n) is 12.2. The van der Waals surface area contributed by atoms with Crippen LogP contribution in [-0.2, 0) is 5.75 Å². The number of hydrogen-bond acceptors (Lipinski definition) is 7. The van der Waals surface area contributed by atoms with Crippen molar-refractivity contribution in [2.45, 2.75) is 17.8 Å². The first-order chi connectivity index (χ1) is 10.7. The zero-order valence-corrected chi connectivity index (χ0v) is 13.8. The topological polar surface area (TPSA) is 78.9 Å². The number of aryl methyl sites for hydroxylation is 1. The minimum absolute atomic E-state index is 0.688. The average molecular weight is 333 g/mol. The van der Waals surface area contributed by atoms with Gasteiger partial charge in [-0.3, -0.25) is 0 Å². The minimum Gasteiger partial charge on any atom is -0.497 e. The number of rotatable bonds is 5. The van der Waals surface area contributed by atoms with Crippen molar-refractivity contribution in [3.8, 4) is 16.3 Å². The highest BCUT2D eigenvalue weighted by atomic mass is 32.2. The Balaban J connectivity index is 1.72. The van der Waals surface area contributed by atoms with Crippen molar-refractivity contribution in [3.63, 3.8) is 0 Å². The fraction of sp³-hybridized carbons (Fsp3) is 0.214. The fourth-order valence-electron chi connectivity index (χ4n) is 1.85. The number of nitrogens with zero attached hydrogens (tertiary/aromatic N) is 4. The predicted octanol–water partition coefficient (Wildman–Crippen LogP) is 2.72. The molecule has 0 atom stereocenters. The Bertz CT molecular complexity index is 783. The lowest BCUT2D eigenvalue weighted by Gasteiger charge is -2.01. The Morgan fingerprint density at radius 1 is 1.36 bits per heavy atom. The predicted molar refractivity (Wildman–Crippen MR) is 88.6 cm³/mol. The summed E-state index contributed by atoms with van der Waals surface area (Å²) in [5.41, 5.74) is 2.05. The number of aromatic nitrogens is 4. The van der Waals surface area contributed by atoms with E-state index in [1.807, 2.05) is 36.6 Å². The van der Waals surface area contributed by atoms with E-state index in [0.29, 0.717) is 16.7 Å². The number of nitrogens with two attached hydrogens (primary N) is 1. The van der Waals surface area contributed by atoms with Gasteiger partial charge < -0.3 is 10.6 Å². The lowest BCUT2D eigenvalue weighted by molar-refractivity contribution is 0.415. The smallest absolute Gasteiger partial charge is 0.210 e. The molecule has 0 aliphatic heterocycles. The molecular weight excluding hydrogens is 318 g/mol. The molecule has 114 valence electrons. The molecule has 3 aromatic rings. The third-order valence-corrected chi connectivity index (χ3v) is 4.97. The van der Waals surface area contributed by atoms with Crippen LogP contribution in [0, 0.1) is 6.92 Å². The van der Waals surface area contributed by atoms with Gasteiger partial charge in [-0.1, -0.05) is 23.9 Å². The number of hydrogen-bond donors (Lipinski definition) is 1. The summed E-state index contributed by atoms with van der Waals surface area (Å²) in [6.07, 6.45) is 0. The molecule has 0 saturated heterocycles. The minimum atomic E-state index is 0.688. The molecule has 0 aliphatic carbocycles. The van der Waals surface area contributed by atoms with Gasteiger partial charge in [0.25, 0.3) is 0 Å². The SMILES string of the molecule is COc1cccc(-c2nc(CSc3nnc(C)n3N)cs2)c1. The standard InChI is InChI=1S/C14H15N5OS2/c1-9-17-18-14(19(9)15)22-8-11-7-21-13(16-11)10-4-3-5-12(6-10)20-2/h3-7H,8,15H2,1-2H3. The molecule has 2 N–H and O–H groups in total. The van der Waals surface area contributed by atoms with Crippen molar-refractivity contribution in [1.82, 2.24) is 19.9 Å². The van der Waals surface area contributed by atoms with Crippen molar-refractivity contribution in [2.24, 2.45) is 0 Å². The highest BCUT2D eigenvalue weighted by Gasteiger charge is 2.10. The monoisotopic (exact) mass is 333 g/mol. The molecule has 22 heavy (non-hydrogen) atoms. The lowest BCUT2D eigenvalue weighted by atomic mass is 10.2. The Morgan fingerprint density at radius 2 is 2.23 bits per heavy atom. The summed E-state index contributed by atoms with van der Waals surface area (Å²) in [5, 5.41) is 11.7. The van der Waals surface area contributed by atoms with E-state index in [9.17, 15) is 0 Å². The van der Waals surface area contributed by atoms with Crippen LogP contribution in [0.3, 0.4) is 0 Å². The lowest BCUT2D eigenvalue weighted by Crippen LogP contribution is -2.11. The molecule has 0 unspecified atom stereocenters. The maximum atomic E-state index is 5.83. The Morgan fingerprint density at radius 3 is 2.95 bits per heavy atom. The molecule has 0 saturated carbocycles. The highest BCUT2D eigenvalue weighted by Crippen LogP contribution is 2.29. The second-order valence-electron chi connectivity index (χ2n) is 4.56. The molecule has 2 aromatic heterocycles. The summed E-state index contributed by atoms with van der Waals surface area (Å²) in [4.78, 5) is 4.65. The summed E-state index contributed by atoms with van der Waals surface area (Å²) in [6, 6.07) is 7.89. The molecule has 8 heteroatoms. The molecular formula is C14H15N5OS2. The quantitative estimate of drug-likeness (QED) is 0.571. The van der Waals surface area contributed by atoms with E-state index in [0.717, 1.165) is 22.0 Å². The van der Waals surface area contributed by atoms with Crippen LogP contribution in [0.1, 0.15) is 11.5 Å². The Labute approximate surface area is 136 Å². The van der Waals surface area contributed by atoms with Gasteiger partial charge in [-0.25, -0.2) is 9.66 Å². The third-order valence-electron chi connectivity index (χ3n) is 3.05. The first kappa shape index (κ1) is 14.9. The van der Waals surface area contributed by atoms with Crippen LogP contribution < -0.4 is 10.6 Å². The van der Waals surface area contributed by atoms with Crippen LogP contribution in [0.25, 0.3) is 10.6 Å². The molecule has 1 aromatic carbocycles. The van der Waals surface area contributed by atoms with Gasteiger partial charge in [0.2, 0.25) is 5.16 Å². The van der Waals surface area contributed by atoms with Gasteiger partial charge >= 0.3 is 0 Å². The van der Waals surface area contributed by atoms with Gasteiger partial charge in [-0.2, -0.15) is 0 Å². The van der Waals surface area contributed by atoms with Gasteiger partial charge in [-0.05, 0) is 19.1 Å². The summed E-state index contributed by atoms with van der Waals surface area (Å²) in [5.74, 6) is 8.06.